The Labute approximate surface area is 111 Å². The number of ether oxygens (including phenoxy) is 2. The lowest BCUT2D eigenvalue weighted by Gasteiger charge is -2.27. The van der Waals surface area contributed by atoms with Gasteiger partial charge in [0.2, 0.25) is 0 Å². The first-order valence-electron chi connectivity index (χ1n) is 7.31. The second-order valence-corrected chi connectivity index (χ2v) is 5.17. The van der Waals surface area contributed by atoms with E-state index < -0.39 is 0 Å². The van der Waals surface area contributed by atoms with Crippen LogP contribution < -0.4 is 5.32 Å². The molecule has 2 N–H and O–H groups in total. The van der Waals surface area contributed by atoms with Crippen LogP contribution in [0.5, 0.6) is 0 Å². The molecule has 0 spiro atoms. The van der Waals surface area contributed by atoms with E-state index in [9.17, 15) is 5.11 Å². The Morgan fingerprint density at radius 2 is 1.78 bits per heavy atom. The van der Waals surface area contributed by atoms with Crippen molar-refractivity contribution in [3.63, 3.8) is 0 Å². The summed E-state index contributed by atoms with van der Waals surface area (Å²) < 4.78 is 11.0. The molecule has 0 aromatic heterocycles. The van der Waals surface area contributed by atoms with Gasteiger partial charge in [-0.15, -0.1) is 0 Å². The van der Waals surface area contributed by atoms with Crippen molar-refractivity contribution < 1.29 is 14.6 Å². The van der Waals surface area contributed by atoms with E-state index in [1.807, 2.05) is 13.8 Å². The maximum absolute atomic E-state index is 9.50. The predicted molar refractivity (Wildman–Crippen MR) is 72.5 cm³/mol. The van der Waals surface area contributed by atoms with Gasteiger partial charge in [-0.2, -0.15) is 0 Å². The first-order chi connectivity index (χ1) is 8.76. The molecular formula is C14H29NO3. The topological polar surface area (TPSA) is 50.7 Å². The highest BCUT2D eigenvalue weighted by molar-refractivity contribution is 4.85. The van der Waals surface area contributed by atoms with Gasteiger partial charge in [0.15, 0.2) is 6.29 Å². The second kappa shape index (κ2) is 8.86. The summed E-state index contributed by atoms with van der Waals surface area (Å²) in [7, 11) is 0. The van der Waals surface area contributed by atoms with Crippen molar-refractivity contribution >= 4 is 0 Å². The van der Waals surface area contributed by atoms with Crippen LogP contribution in [0.2, 0.25) is 0 Å². The summed E-state index contributed by atoms with van der Waals surface area (Å²) in [5.41, 5.74) is 0.132. The first-order valence-corrected chi connectivity index (χ1v) is 7.31. The molecule has 0 bridgehead atoms. The molecule has 4 heteroatoms. The third-order valence-corrected chi connectivity index (χ3v) is 3.76. The van der Waals surface area contributed by atoms with Crippen molar-refractivity contribution in [3.05, 3.63) is 0 Å². The van der Waals surface area contributed by atoms with E-state index >= 15 is 0 Å². The van der Waals surface area contributed by atoms with Crippen LogP contribution in [0.15, 0.2) is 0 Å². The number of rotatable bonds is 10. The lowest BCUT2D eigenvalue weighted by molar-refractivity contribution is -0.138. The molecule has 0 amide bonds. The van der Waals surface area contributed by atoms with E-state index in [2.05, 4.69) is 5.32 Å². The van der Waals surface area contributed by atoms with E-state index in [-0.39, 0.29) is 11.7 Å². The van der Waals surface area contributed by atoms with Crippen molar-refractivity contribution in [2.75, 3.05) is 32.9 Å². The van der Waals surface area contributed by atoms with Crippen LogP contribution in [0.4, 0.5) is 0 Å². The fourth-order valence-corrected chi connectivity index (χ4v) is 2.68. The molecule has 0 aliphatic heterocycles. The molecule has 0 saturated heterocycles. The van der Waals surface area contributed by atoms with Crippen LogP contribution in [0.25, 0.3) is 0 Å². The smallest absolute Gasteiger partial charge is 0.158 e. The van der Waals surface area contributed by atoms with Crippen LogP contribution in [-0.4, -0.2) is 44.3 Å². The molecule has 1 fully saturated rings. The fraction of sp³-hybridized carbons (Fsp3) is 1.00. The minimum Gasteiger partial charge on any atom is -0.396 e. The van der Waals surface area contributed by atoms with Crippen LogP contribution in [0.1, 0.15) is 46.0 Å². The molecule has 18 heavy (non-hydrogen) atoms. The minimum atomic E-state index is -0.0962. The van der Waals surface area contributed by atoms with Crippen molar-refractivity contribution in [2.45, 2.75) is 52.2 Å². The Morgan fingerprint density at radius 3 is 2.28 bits per heavy atom. The van der Waals surface area contributed by atoms with Crippen molar-refractivity contribution in [2.24, 2.45) is 5.41 Å². The first kappa shape index (κ1) is 15.9. The Hall–Kier alpha value is -0.160. The van der Waals surface area contributed by atoms with E-state index in [1.165, 1.54) is 12.8 Å². The van der Waals surface area contributed by atoms with Gasteiger partial charge in [-0.05, 0) is 33.2 Å². The summed E-state index contributed by atoms with van der Waals surface area (Å²) in [6.07, 6.45) is 5.57. The molecule has 0 atom stereocenters. The van der Waals surface area contributed by atoms with Gasteiger partial charge in [-0.3, -0.25) is 0 Å². The highest BCUT2D eigenvalue weighted by Crippen LogP contribution is 2.36. The Bertz CT molecular complexity index is 199. The molecule has 0 aromatic carbocycles. The number of nitrogens with one attached hydrogen (secondary N) is 1. The highest BCUT2D eigenvalue weighted by atomic mass is 16.7. The molecule has 0 unspecified atom stereocenters. The maximum atomic E-state index is 9.50. The normalized spacial score (nSPS) is 18.7. The zero-order chi connectivity index (χ0) is 13.3. The summed E-state index contributed by atoms with van der Waals surface area (Å²) in [5, 5.41) is 13.0. The van der Waals surface area contributed by atoms with Gasteiger partial charge in [0.25, 0.3) is 0 Å². The molecule has 1 rings (SSSR count). The third kappa shape index (κ3) is 5.22. The molecule has 108 valence electrons. The van der Waals surface area contributed by atoms with Crippen molar-refractivity contribution in [1.29, 1.82) is 0 Å². The van der Waals surface area contributed by atoms with Gasteiger partial charge in [0, 0.05) is 38.2 Å². The van der Waals surface area contributed by atoms with Gasteiger partial charge in [-0.1, -0.05) is 12.8 Å². The summed E-state index contributed by atoms with van der Waals surface area (Å²) in [6.45, 7) is 7.44. The Kier molecular flexibility index (Phi) is 7.82. The zero-order valence-corrected chi connectivity index (χ0v) is 11.9. The number of hydrogen-bond donors (Lipinski definition) is 2. The van der Waals surface area contributed by atoms with E-state index in [4.69, 9.17) is 9.47 Å². The van der Waals surface area contributed by atoms with Gasteiger partial charge in [0.1, 0.15) is 0 Å². The van der Waals surface area contributed by atoms with Gasteiger partial charge < -0.3 is 19.9 Å². The lowest BCUT2D eigenvalue weighted by atomic mass is 9.87. The zero-order valence-electron chi connectivity index (χ0n) is 11.9. The van der Waals surface area contributed by atoms with Crippen LogP contribution in [0, 0.1) is 5.41 Å². The largest absolute Gasteiger partial charge is 0.396 e. The van der Waals surface area contributed by atoms with Crippen LogP contribution in [0.3, 0.4) is 0 Å². The van der Waals surface area contributed by atoms with E-state index in [0.717, 1.165) is 32.4 Å². The molecule has 1 saturated carbocycles. The maximum Gasteiger partial charge on any atom is 0.158 e. The molecule has 1 aliphatic rings. The van der Waals surface area contributed by atoms with Gasteiger partial charge >= 0.3 is 0 Å². The Balaban J connectivity index is 2.16. The lowest BCUT2D eigenvalue weighted by Crippen LogP contribution is -2.36. The van der Waals surface area contributed by atoms with E-state index in [1.54, 1.807) is 0 Å². The predicted octanol–water partition coefficient (Wildman–Crippen LogP) is 1.92. The molecule has 0 radical (unpaired) electrons. The molecule has 0 aromatic rings. The molecule has 0 heterocycles. The van der Waals surface area contributed by atoms with Gasteiger partial charge in [-0.25, -0.2) is 0 Å². The molecule has 1 aliphatic carbocycles. The quantitative estimate of drug-likeness (QED) is 0.465. The number of aliphatic hydroxyl groups is 1. The monoisotopic (exact) mass is 259 g/mol. The van der Waals surface area contributed by atoms with Crippen LogP contribution in [-0.2, 0) is 9.47 Å². The summed E-state index contributed by atoms with van der Waals surface area (Å²) in [4.78, 5) is 0. The Morgan fingerprint density at radius 1 is 1.17 bits per heavy atom. The minimum absolute atomic E-state index is 0.0962. The highest BCUT2D eigenvalue weighted by Gasteiger charge is 2.32. The fourth-order valence-electron chi connectivity index (χ4n) is 2.68. The summed E-state index contributed by atoms with van der Waals surface area (Å²) in [6, 6.07) is 0. The summed E-state index contributed by atoms with van der Waals surface area (Å²) >= 11 is 0. The molecular weight excluding hydrogens is 230 g/mol. The molecule has 4 nitrogen and oxygen atoms in total. The third-order valence-electron chi connectivity index (χ3n) is 3.76. The average molecular weight is 259 g/mol. The number of hydrogen-bond acceptors (Lipinski definition) is 4. The second-order valence-electron chi connectivity index (χ2n) is 5.17. The average Bonchev–Trinajstić information content (AvgIpc) is 2.84. The van der Waals surface area contributed by atoms with Crippen molar-refractivity contribution in [3.8, 4) is 0 Å². The van der Waals surface area contributed by atoms with Crippen molar-refractivity contribution in [1.82, 2.24) is 5.32 Å². The summed E-state index contributed by atoms with van der Waals surface area (Å²) in [5.74, 6) is 0. The van der Waals surface area contributed by atoms with E-state index in [0.29, 0.717) is 19.8 Å². The van der Waals surface area contributed by atoms with Crippen LogP contribution >= 0.6 is 0 Å². The van der Waals surface area contributed by atoms with Gasteiger partial charge in [0.05, 0.1) is 0 Å². The SMILES string of the molecule is CCOC(CCNCC1(CO)CCCC1)OCC. The number of aliphatic hydroxyl groups excluding tert-OH is 1. The standard InChI is InChI=1S/C14H29NO3/c1-3-17-13(18-4-2)7-10-15-11-14(12-16)8-5-6-9-14/h13,15-16H,3-12H2,1-2H3.